The molecule has 0 spiro atoms. The van der Waals surface area contributed by atoms with Crippen LogP contribution in [0.4, 0.5) is 11.6 Å². The maximum Gasteiger partial charge on any atom is 0.229 e. The Kier molecular flexibility index (Phi) is 4.43. The molecule has 5 rings (SSSR count). The molecule has 1 saturated carbocycles. The molecule has 0 radical (unpaired) electrons. The standard InChI is InChI=1S/C21H24N6O/c28-20(15-6-2-11-27(13-15)21-22-9-3-10-23-21)24-16-7-8-17-18(12-16)26-19(25-17)14-4-1-5-14/h3,7-10,12,14-15H,1-2,4-6,11,13H2,(H,24,28)(H,25,26). The van der Waals surface area contributed by atoms with E-state index in [2.05, 4.69) is 25.2 Å². The number of hydrogen-bond donors (Lipinski definition) is 2. The fourth-order valence-corrected chi connectivity index (χ4v) is 4.05. The van der Waals surface area contributed by atoms with Gasteiger partial charge in [0, 0.05) is 37.1 Å². The van der Waals surface area contributed by atoms with Crippen molar-refractivity contribution in [3.05, 3.63) is 42.5 Å². The van der Waals surface area contributed by atoms with Crippen LogP contribution < -0.4 is 10.2 Å². The average molecular weight is 376 g/mol. The molecule has 7 heteroatoms. The van der Waals surface area contributed by atoms with Gasteiger partial charge in [-0.05, 0) is 49.9 Å². The summed E-state index contributed by atoms with van der Waals surface area (Å²) in [6.45, 7) is 1.53. The van der Waals surface area contributed by atoms with Crippen LogP contribution in [0.2, 0.25) is 0 Å². The number of carbonyl (C=O) groups excluding carboxylic acids is 1. The summed E-state index contributed by atoms with van der Waals surface area (Å²) in [5.74, 6) is 2.33. The molecule has 144 valence electrons. The zero-order chi connectivity index (χ0) is 18.9. The number of imidazole rings is 1. The van der Waals surface area contributed by atoms with Crippen molar-refractivity contribution in [2.75, 3.05) is 23.3 Å². The Bertz CT molecular complexity index is 981. The third kappa shape index (κ3) is 3.32. The number of piperidine rings is 1. The molecule has 1 atom stereocenters. The number of nitrogens with zero attached hydrogens (tertiary/aromatic N) is 4. The first-order chi connectivity index (χ1) is 13.8. The van der Waals surface area contributed by atoms with Crippen molar-refractivity contribution < 1.29 is 4.79 Å². The summed E-state index contributed by atoms with van der Waals surface area (Å²) in [5, 5.41) is 3.09. The van der Waals surface area contributed by atoms with E-state index in [9.17, 15) is 4.79 Å². The lowest BCUT2D eigenvalue weighted by atomic mass is 9.85. The van der Waals surface area contributed by atoms with E-state index in [0.29, 0.717) is 18.4 Å². The number of aromatic amines is 1. The molecule has 1 aliphatic carbocycles. The molecule has 2 N–H and O–H groups in total. The first kappa shape index (κ1) is 17.2. The van der Waals surface area contributed by atoms with Gasteiger partial charge in [0.05, 0.1) is 17.0 Å². The van der Waals surface area contributed by atoms with Crippen LogP contribution >= 0.6 is 0 Å². The van der Waals surface area contributed by atoms with Crippen LogP contribution in [0, 0.1) is 5.92 Å². The van der Waals surface area contributed by atoms with Crippen LogP contribution in [0.3, 0.4) is 0 Å². The van der Waals surface area contributed by atoms with Gasteiger partial charge in [-0.1, -0.05) is 6.42 Å². The van der Waals surface area contributed by atoms with Gasteiger partial charge in [-0.3, -0.25) is 4.79 Å². The maximum absolute atomic E-state index is 12.8. The summed E-state index contributed by atoms with van der Waals surface area (Å²) in [6.07, 6.45) is 9.04. The highest BCUT2D eigenvalue weighted by Gasteiger charge is 2.27. The van der Waals surface area contributed by atoms with Gasteiger partial charge in [0.15, 0.2) is 0 Å². The highest BCUT2D eigenvalue weighted by molar-refractivity contribution is 5.95. The van der Waals surface area contributed by atoms with Crippen molar-refractivity contribution in [3.8, 4) is 0 Å². The normalized spacial score (nSPS) is 20.1. The van der Waals surface area contributed by atoms with Crippen LogP contribution in [0.1, 0.15) is 43.8 Å². The average Bonchev–Trinajstić information content (AvgIpc) is 3.10. The quantitative estimate of drug-likeness (QED) is 0.728. The van der Waals surface area contributed by atoms with Crippen molar-refractivity contribution in [3.63, 3.8) is 0 Å². The minimum Gasteiger partial charge on any atom is -0.342 e. The van der Waals surface area contributed by atoms with Crippen LogP contribution in [0.15, 0.2) is 36.7 Å². The minimum absolute atomic E-state index is 0.0544. The molecular weight excluding hydrogens is 352 g/mol. The monoisotopic (exact) mass is 376 g/mol. The zero-order valence-electron chi connectivity index (χ0n) is 15.8. The fraction of sp³-hybridized carbons (Fsp3) is 0.429. The Morgan fingerprint density at radius 1 is 1.14 bits per heavy atom. The van der Waals surface area contributed by atoms with E-state index in [-0.39, 0.29) is 11.8 Å². The lowest BCUT2D eigenvalue weighted by Gasteiger charge is -2.31. The van der Waals surface area contributed by atoms with Crippen molar-refractivity contribution in [1.29, 1.82) is 0 Å². The van der Waals surface area contributed by atoms with Crippen molar-refractivity contribution in [2.24, 2.45) is 5.92 Å². The number of rotatable bonds is 4. The smallest absolute Gasteiger partial charge is 0.229 e. The van der Waals surface area contributed by atoms with Gasteiger partial charge in [-0.25, -0.2) is 15.0 Å². The molecule has 0 bridgehead atoms. The van der Waals surface area contributed by atoms with Crippen molar-refractivity contribution in [2.45, 2.75) is 38.0 Å². The number of nitrogens with one attached hydrogen (secondary N) is 2. The summed E-state index contributed by atoms with van der Waals surface area (Å²) in [4.78, 5) is 31.7. The molecule has 1 aromatic carbocycles. The molecule has 1 aliphatic heterocycles. The van der Waals surface area contributed by atoms with Gasteiger partial charge < -0.3 is 15.2 Å². The number of amides is 1. The molecule has 2 aliphatic rings. The fourth-order valence-electron chi connectivity index (χ4n) is 4.05. The molecule has 28 heavy (non-hydrogen) atoms. The second-order valence-electron chi connectivity index (χ2n) is 7.81. The first-order valence-corrected chi connectivity index (χ1v) is 10.1. The number of aromatic nitrogens is 4. The summed E-state index contributed by atoms with van der Waals surface area (Å²) < 4.78 is 0. The van der Waals surface area contributed by atoms with E-state index >= 15 is 0 Å². The third-order valence-corrected chi connectivity index (χ3v) is 5.89. The minimum atomic E-state index is -0.0689. The van der Waals surface area contributed by atoms with Gasteiger partial charge in [-0.15, -0.1) is 0 Å². The van der Waals surface area contributed by atoms with E-state index in [1.54, 1.807) is 18.5 Å². The van der Waals surface area contributed by atoms with Crippen molar-refractivity contribution in [1.82, 2.24) is 19.9 Å². The number of fused-ring (bicyclic) bond motifs is 1. The highest BCUT2D eigenvalue weighted by Crippen LogP contribution is 2.35. The molecule has 7 nitrogen and oxygen atoms in total. The Labute approximate surface area is 163 Å². The number of carbonyl (C=O) groups is 1. The van der Waals surface area contributed by atoms with Gasteiger partial charge in [0.1, 0.15) is 5.82 Å². The van der Waals surface area contributed by atoms with Crippen LogP contribution in [0.25, 0.3) is 11.0 Å². The maximum atomic E-state index is 12.8. The number of benzene rings is 1. The van der Waals surface area contributed by atoms with E-state index in [0.717, 1.165) is 41.9 Å². The van der Waals surface area contributed by atoms with Crippen molar-refractivity contribution >= 4 is 28.6 Å². The van der Waals surface area contributed by atoms with Crippen LogP contribution in [-0.4, -0.2) is 38.9 Å². The number of anilines is 2. The number of H-pyrrole nitrogens is 1. The summed E-state index contributed by atoms with van der Waals surface area (Å²) >= 11 is 0. The Morgan fingerprint density at radius 3 is 2.79 bits per heavy atom. The third-order valence-electron chi connectivity index (χ3n) is 5.89. The molecule has 2 fully saturated rings. The van der Waals surface area contributed by atoms with Gasteiger partial charge >= 0.3 is 0 Å². The Balaban J connectivity index is 1.28. The molecule has 3 aromatic rings. The zero-order valence-corrected chi connectivity index (χ0v) is 15.8. The lowest BCUT2D eigenvalue weighted by Crippen LogP contribution is -2.41. The molecule has 1 amide bonds. The molecule has 1 unspecified atom stereocenters. The van der Waals surface area contributed by atoms with E-state index in [1.165, 1.54) is 19.3 Å². The highest BCUT2D eigenvalue weighted by atomic mass is 16.1. The van der Waals surface area contributed by atoms with Crippen LogP contribution in [-0.2, 0) is 4.79 Å². The van der Waals surface area contributed by atoms with Gasteiger partial charge in [0.2, 0.25) is 11.9 Å². The predicted octanol–water partition coefficient (Wildman–Crippen LogP) is 3.48. The second kappa shape index (κ2) is 7.22. The SMILES string of the molecule is O=C(Nc1ccc2nc(C3CCC3)[nH]c2c1)C1CCCN(c2ncccn2)C1. The first-order valence-electron chi connectivity index (χ1n) is 10.1. The molecule has 2 aromatic heterocycles. The largest absolute Gasteiger partial charge is 0.342 e. The second-order valence-corrected chi connectivity index (χ2v) is 7.81. The summed E-state index contributed by atoms with van der Waals surface area (Å²) in [7, 11) is 0. The van der Waals surface area contributed by atoms with E-state index < -0.39 is 0 Å². The molecular formula is C21H24N6O. The molecule has 3 heterocycles. The summed E-state index contributed by atoms with van der Waals surface area (Å²) in [5.41, 5.74) is 2.77. The van der Waals surface area contributed by atoms with Gasteiger partial charge in [0.25, 0.3) is 0 Å². The number of hydrogen-bond acceptors (Lipinski definition) is 5. The summed E-state index contributed by atoms with van der Waals surface area (Å²) in [6, 6.07) is 7.71. The van der Waals surface area contributed by atoms with Crippen LogP contribution in [0.5, 0.6) is 0 Å². The van der Waals surface area contributed by atoms with E-state index in [1.807, 2.05) is 18.2 Å². The Hall–Kier alpha value is -2.96. The van der Waals surface area contributed by atoms with E-state index in [4.69, 9.17) is 4.98 Å². The van der Waals surface area contributed by atoms with Gasteiger partial charge in [-0.2, -0.15) is 0 Å². The predicted molar refractivity (Wildman–Crippen MR) is 108 cm³/mol. The lowest BCUT2D eigenvalue weighted by molar-refractivity contribution is -0.120. The molecule has 1 saturated heterocycles. The topological polar surface area (TPSA) is 86.8 Å². The Morgan fingerprint density at radius 2 is 2.00 bits per heavy atom.